The molecule has 1 aromatic carbocycles. The Morgan fingerprint density at radius 3 is 3.19 bits per heavy atom. The van der Waals surface area contributed by atoms with Gasteiger partial charge in [0.15, 0.2) is 0 Å². The Hall–Kier alpha value is -1.88. The van der Waals surface area contributed by atoms with Gasteiger partial charge in [-0.15, -0.1) is 0 Å². The van der Waals surface area contributed by atoms with Crippen LogP contribution >= 0.6 is 0 Å². The van der Waals surface area contributed by atoms with Crippen LogP contribution < -0.4 is 5.32 Å². The van der Waals surface area contributed by atoms with E-state index in [2.05, 4.69) is 10.3 Å². The van der Waals surface area contributed by atoms with Crippen LogP contribution in [0.1, 0.15) is 11.4 Å². The number of benzene rings is 1. The lowest BCUT2D eigenvalue weighted by Crippen LogP contribution is -2.16. The predicted octanol–water partition coefficient (Wildman–Crippen LogP) is 1.43. The minimum absolute atomic E-state index is 0.103. The van der Waals surface area contributed by atoms with Crippen LogP contribution in [0.3, 0.4) is 0 Å². The highest BCUT2D eigenvalue weighted by molar-refractivity contribution is 5.65. The zero-order chi connectivity index (χ0) is 11.1. The van der Waals surface area contributed by atoms with E-state index in [9.17, 15) is 4.39 Å². The van der Waals surface area contributed by atoms with Gasteiger partial charge >= 0.3 is 0 Å². The van der Waals surface area contributed by atoms with Crippen LogP contribution in [0.25, 0.3) is 5.69 Å². The maximum Gasteiger partial charge on any atom is 0.148 e. The van der Waals surface area contributed by atoms with Gasteiger partial charge in [0.05, 0.1) is 42.2 Å². The quantitative estimate of drug-likeness (QED) is 0.762. The molecule has 3 rings (SSSR count). The predicted molar refractivity (Wildman–Crippen MR) is 56.8 cm³/mol. The highest BCUT2D eigenvalue weighted by Gasteiger charge is 2.20. The first-order chi connectivity index (χ1) is 7.81. The second-order valence-electron chi connectivity index (χ2n) is 3.65. The van der Waals surface area contributed by atoms with Crippen molar-refractivity contribution in [2.75, 3.05) is 5.32 Å². The molecule has 0 saturated carbocycles. The molecule has 1 aliphatic heterocycles. The third kappa shape index (κ3) is 1.15. The summed E-state index contributed by atoms with van der Waals surface area (Å²) >= 11 is 0. The Labute approximate surface area is 91.4 Å². The number of fused-ring (bicyclic) bond motifs is 3. The Bertz CT molecular complexity index is 550. The first kappa shape index (κ1) is 9.35. The molecule has 0 radical (unpaired) electrons. The number of nitrogens with zero attached hydrogens (tertiary/aromatic N) is 2. The van der Waals surface area contributed by atoms with Crippen molar-refractivity contribution in [3.05, 3.63) is 41.7 Å². The molecule has 2 N–H and O–H groups in total. The number of rotatable bonds is 1. The highest BCUT2D eigenvalue weighted by atomic mass is 19.1. The molecule has 0 aliphatic carbocycles. The van der Waals surface area contributed by atoms with Gasteiger partial charge in [0.25, 0.3) is 0 Å². The molecule has 2 aromatic rings. The summed E-state index contributed by atoms with van der Waals surface area (Å²) in [5.41, 5.74) is 2.72. The van der Waals surface area contributed by atoms with Crippen molar-refractivity contribution in [2.24, 2.45) is 0 Å². The van der Waals surface area contributed by atoms with Gasteiger partial charge in [-0.05, 0) is 12.1 Å². The average Bonchev–Trinajstić information content (AvgIpc) is 2.72. The van der Waals surface area contributed by atoms with E-state index in [-0.39, 0.29) is 12.4 Å². The first-order valence-electron chi connectivity index (χ1n) is 5.00. The maximum atomic E-state index is 13.5. The third-order valence-electron chi connectivity index (χ3n) is 2.79. The molecule has 2 heterocycles. The number of hydrogen-bond acceptors (Lipinski definition) is 3. The second-order valence-corrected chi connectivity index (χ2v) is 3.65. The van der Waals surface area contributed by atoms with Crippen molar-refractivity contribution < 1.29 is 9.50 Å². The van der Waals surface area contributed by atoms with E-state index in [4.69, 9.17) is 5.11 Å². The molecule has 0 amide bonds. The molecule has 4 nitrogen and oxygen atoms in total. The number of hydrogen-bond donors (Lipinski definition) is 2. The summed E-state index contributed by atoms with van der Waals surface area (Å²) in [7, 11) is 0. The monoisotopic (exact) mass is 219 g/mol. The van der Waals surface area contributed by atoms with Crippen LogP contribution in [0.15, 0.2) is 24.5 Å². The zero-order valence-corrected chi connectivity index (χ0v) is 8.44. The van der Waals surface area contributed by atoms with Gasteiger partial charge in [0.2, 0.25) is 0 Å². The SMILES string of the molecule is OCc1ncn2c1CNc1c(F)cccc1-2. The van der Waals surface area contributed by atoms with Crippen LogP contribution in [-0.4, -0.2) is 14.7 Å². The minimum atomic E-state index is -0.276. The first-order valence-corrected chi connectivity index (χ1v) is 5.00. The van der Waals surface area contributed by atoms with E-state index >= 15 is 0 Å². The van der Waals surface area contributed by atoms with E-state index in [1.165, 1.54) is 6.07 Å². The van der Waals surface area contributed by atoms with Crippen LogP contribution in [-0.2, 0) is 13.2 Å². The summed E-state index contributed by atoms with van der Waals surface area (Å²) in [6.07, 6.45) is 1.61. The topological polar surface area (TPSA) is 50.1 Å². The Morgan fingerprint density at radius 2 is 2.38 bits per heavy atom. The van der Waals surface area contributed by atoms with Gasteiger partial charge in [-0.2, -0.15) is 0 Å². The van der Waals surface area contributed by atoms with Crippen LogP contribution in [0.5, 0.6) is 0 Å². The van der Waals surface area contributed by atoms with Crippen LogP contribution in [0.2, 0.25) is 0 Å². The second kappa shape index (κ2) is 3.31. The Morgan fingerprint density at radius 1 is 1.50 bits per heavy atom. The van der Waals surface area contributed by atoms with Gasteiger partial charge in [-0.1, -0.05) is 6.07 Å². The molecule has 0 unspecified atom stereocenters. The van der Waals surface area contributed by atoms with Crippen molar-refractivity contribution in [1.29, 1.82) is 0 Å². The smallest absolute Gasteiger partial charge is 0.148 e. The van der Waals surface area contributed by atoms with Crippen molar-refractivity contribution in [3.63, 3.8) is 0 Å². The number of halogens is 1. The summed E-state index contributed by atoms with van der Waals surface area (Å²) < 4.78 is 15.3. The van der Waals surface area contributed by atoms with E-state index in [1.807, 2.05) is 6.07 Å². The largest absolute Gasteiger partial charge is 0.390 e. The molecule has 0 bridgehead atoms. The maximum absolute atomic E-state index is 13.5. The van der Waals surface area contributed by atoms with E-state index in [0.29, 0.717) is 17.9 Å². The highest BCUT2D eigenvalue weighted by Crippen LogP contribution is 2.30. The number of aliphatic hydroxyl groups is 1. The van der Waals surface area contributed by atoms with E-state index < -0.39 is 0 Å². The van der Waals surface area contributed by atoms with Gasteiger partial charge in [0.1, 0.15) is 5.82 Å². The Balaban J connectivity index is 2.24. The van der Waals surface area contributed by atoms with Crippen molar-refractivity contribution in [3.8, 4) is 5.69 Å². The van der Waals surface area contributed by atoms with Crippen molar-refractivity contribution in [1.82, 2.24) is 9.55 Å². The van der Waals surface area contributed by atoms with Crippen LogP contribution in [0.4, 0.5) is 10.1 Å². The fraction of sp³-hybridized carbons (Fsp3) is 0.182. The minimum Gasteiger partial charge on any atom is -0.390 e. The van der Waals surface area contributed by atoms with Gasteiger partial charge in [0, 0.05) is 0 Å². The number of para-hydroxylation sites is 1. The molecule has 0 atom stereocenters. The number of imidazole rings is 1. The molecule has 1 aromatic heterocycles. The van der Waals surface area contributed by atoms with E-state index in [1.54, 1.807) is 17.0 Å². The molecular formula is C11H10FN3O. The lowest BCUT2D eigenvalue weighted by atomic mass is 10.2. The summed E-state index contributed by atoms with van der Waals surface area (Å²) in [4.78, 5) is 4.10. The molecule has 0 fully saturated rings. The summed E-state index contributed by atoms with van der Waals surface area (Å²) in [6, 6.07) is 4.89. The van der Waals surface area contributed by atoms with E-state index in [0.717, 1.165) is 11.4 Å². The summed E-state index contributed by atoms with van der Waals surface area (Å²) in [5, 5.41) is 12.1. The fourth-order valence-electron chi connectivity index (χ4n) is 2.00. The number of aromatic nitrogens is 2. The third-order valence-corrected chi connectivity index (χ3v) is 2.79. The molecule has 0 saturated heterocycles. The lowest BCUT2D eigenvalue weighted by molar-refractivity contribution is 0.276. The normalized spacial score (nSPS) is 12.9. The van der Waals surface area contributed by atoms with Crippen molar-refractivity contribution >= 4 is 5.69 Å². The average molecular weight is 219 g/mol. The lowest BCUT2D eigenvalue weighted by Gasteiger charge is -2.21. The standard InChI is InChI=1S/C11H10FN3O/c12-7-2-1-3-9-11(7)13-4-10-8(5-16)14-6-15(9)10/h1-3,6,13,16H,4-5H2. The summed E-state index contributed by atoms with van der Waals surface area (Å²) in [6.45, 7) is 0.374. The van der Waals surface area contributed by atoms with Gasteiger partial charge in [-0.25, -0.2) is 9.37 Å². The number of aliphatic hydroxyl groups excluding tert-OH is 1. The fourth-order valence-corrected chi connectivity index (χ4v) is 2.00. The Kier molecular flexibility index (Phi) is 1.94. The molecule has 82 valence electrons. The molecule has 0 spiro atoms. The summed E-state index contributed by atoms with van der Waals surface area (Å²) in [5.74, 6) is -0.276. The molecule has 5 heteroatoms. The van der Waals surface area contributed by atoms with Gasteiger partial charge < -0.3 is 10.4 Å². The van der Waals surface area contributed by atoms with Gasteiger partial charge in [-0.3, -0.25) is 4.57 Å². The van der Waals surface area contributed by atoms with Crippen LogP contribution in [0, 0.1) is 5.82 Å². The number of nitrogens with one attached hydrogen (secondary N) is 1. The zero-order valence-electron chi connectivity index (χ0n) is 8.44. The number of anilines is 1. The molecule has 16 heavy (non-hydrogen) atoms. The molecule has 1 aliphatic rings. The molecular weight excluding hydrogens is 209 g/mol. The van der Waals surface area contributed by atoms with Crippen molar-refractivity contribution in [2.45, 2.75) is 13.2 Å².